The Morgan fingerprint density at radius 3 is 2.67 bits per heavy atom. The van der Waals surface area contributed by atoms with Crippen molar-refractivity contribution in [1.29, 1.82) is 0 Å². The van der Waals surface area contributed by atoms with Crippen LogP contribution >= 0.6 is 0 Å². The maximum Gasteiger partial charge on any atom is 0.125 e. The molecule has 0 saturated heterocycles. The van der Waals surface area contributed by atoms with Crippen LogP contribution in [0.15, 0.2) is 30.4 Å². The van der Waals surface area contributed by atoms with E-state index in [-0.39, 0.29) is 17.6 Å². The van der Waals surface area contributed by atoms with E-state index in [1.165, 1.54) is 6.07 Å². The molecule has 1 atom stereocenters. The molecule has 1 aromatic rings. The van der Waals surface area contributed by atoms with E-state index in [2.05, 4.69) is 25.2 Å². The first-order valence-corrected chi connectivity index (χ1v) is 7.65. The van der Waals surface area contributed by atoms with Gasteiger partial charge < -0.3 is 14.9 Å². The van der Waals surface area contributed by atoms with Gasteiger partial charge >= 0.3 is 0 Å². The van der Waals surface area contributed by atoms with Crippen LogP contribution in [0.3, 0.4) is 0 Å². The van der Waals surface area contributed by atoms with E-state index < -0.39 is 0 Å². The molecule has 1 aliphatic heterocycles. The van der Waals surface area contributed by atoms with Gasteiger partial charge in [0, 0.05) is 11.6 Å². The highest BCUT2D eigenvalue weighted by Crippen LogP contribution is 2.29. The standard InChI is InChI=1S/C18H24O3/c1-14-9-7-5-3-2-4-6-8-10-15-11-16(19)12-18(20)17(15)13-21-14/h2-3,8,10-12,14,19-20H,4-7,9,13H2,1H3/b3-2?,10-8+/t14-/m0/s1. The van der Waals surface area contributed by atoms with Gasteiger partial charge in [0.15, 0.2) is 0 Å². The van der Waals surface area contributed by atoms with Crippen molar-refractivity contribution in [2.45, 2.75) is 51.7 Å². The second kappa shape index (κ2) is 7.89. The Labute approximate surface area is 126 Å². The summed E-state index contributed by atoms with van der Waals surface area (Å²) in [5, 5.41) is 19.7. The van der Waals surface area contributed by atoms with E-state index >= 15 is 0 Å². The largest absolute Gasteiger partial charge is 0.508 e. The van der Waals surface area contributed by atoms with Crippen LogP contribution in [0.1, 0.15) is 50.2 Å². The SMILES string of the molecule is C[C@H]1CCCC=CCC/C=C/c2cc(O)cc(O)c2CO1. The zero-order chi connectivity index (χ0) is 15.1. The van der Waals surface area contributed by atoms with Crippen molar-refractivity contribution in [2.75, 3.05) is 0 Å². The Bertz CT molecular complexity index is 517. The molecule has 0 aromatic heterocycles. The van der Waals surface area contributed by atoms with Crippen molar-refractivity contribution in [3.05, 3.63) is 41.5 Å². The van der Waals surface area contributed by atoms with E-state index in [0.717, 1.165) is 43.2 Å². The van der Waals surface area contributed by atoms with Crippen LogP contribution in [0.25, 0.3) is 6.08 Å². The molecular weight excluding hydrogens is 264 g/mol. The van der Waals surface area contributed by atoms with Gasteiger partial charge in [-0.3, -0.25) is 0 Å². The number of hydrogen-bond donors (Lipinski definition) is 2. The molecule has 0 fully saturated rings. The fourth-order valence-corrected chi connectivity index (χ4v) is 2.44. The van der Waals surface area contributed by atoms with Gasteiger partial charge in [-0.25, -0.2) is 0 Å². The molecule has 1 heterocycles. The lowest BCUT2D eigenvalue weighted by Gasteiger charge is -2.15. The minimum Gasteiger partial charge on any atom is -0.508 e. The van der Waals surface area contributed by atoms with E-state index in [1.807, 2.05) is 6.08 Å². The number of ether oxygens (including phenoxy) is 1. The molecule has 3 heteroatoms. The third kappa shape index (κ3) is 4.94. The van der Waals surface area contributed by atoms with E-state index in [4.69, 9.17) is 4.74 Å². The summed E-state index contributed by atoms with van der Waals surface area (Å²) in [5.74, 6) is 0.166. The van der Waals surface area contributed by atoms with Crippen LogP contribution in [0.5, 0.6) is 11.5 Å². The fourth-order valence-electron chi connectivity index (χ4n) is 2.44. The van der Waals surface area contributed by atoms with Crippen LogP contribution in [0, 0.1) is 0 Å². The predicted molar refractivity (Wildman–Crippen MR) is 85.3 cm³/mol. The van der Waals surface area contributed by atoms with Crippen molar-refractivity contribution < 1.29 is 14.9 Å². The zero-order valence-electron chi connectivity index (χ0n) is 12.6. The highest BCUT2D eigenvalue weighted by atomic mass is 16.5. The molecule has 2 N–H and O–H groups in total. The molecular formula is C18H24O3. The van der Waals surface area contributed by atoms with Gasteiger partial charge in [-0.1, -0.05) is 24.3 Å². The lowest BCUT2D eigenvalue weighted by atomic mass is 10.0. The summed E-state index contributed by atoms with van der Waals surface area (Å²) < 4.78 is 5.83. The minimum absolute atomic E-state index is 0.0740. The molecule has 0 bridgehead atoms. The van der Waals surface area contributed by atoms with E-state index in [9.17, 15) is 10.2 Å². The third-order valence-electron chi connectivity index (χ3n) is 3.70. The van der Waals surface area contributed by atoms with Gasteiger partial charge in [0.05, 0.1) is 12.7 Å². The lowest BCUT2D eigenvalue weighted by molar-refractivity contribution is 0.0454. The minimum atomic E-state index is 0.0740. The topological polar surface area (TPSA) is 49.7 Å². The van der Waals surface area contributed by atoms with Crippen molar-refractivity contribution in [3.8, 4) is 11.5 Å². The molecule has 2 rings (SSSR count). The first-order valence-electron chi connectivity index (χ1n) is 7.65. The quantitative estimate of drug-likeness (QED) is 0.689. The summed E-state index contributed by atoms with van der Waals surface area (Å²) in [5.41, 5.74) is 1.56. The maximum absolute atomic E-state index is 10.0. The van der Waals surface area contributed by atoms with Crippen molar-refractivity contribution in [3.63, 3.8) is 0 Å². The van der Waals surface area contributed by atoms with Crippen molar-refractivity contribution in [1.82, 2.24) is 0 Å². The highest BCUT2D eigenvalue weighted by Gasteiger charge is 2.11. The second-order valence-corrected chi connectivity index (χ2v) is 5.54. The monoisotopic (exact) mass is 288 g/mol. The van der Waals surface area contributed by atoms with Crippen LogP contribution in [-0.2, 0) is 11.3 Å². The van der Waals surface area contributed by atoms with Crippen molar-refractivity contribution >= 4 is 6.08 Å². The van der Waals surface area contributed by atoms with Gasteiger partial charge in [0.25, 0.3) is 0 Å². The highest BCUT2D eigenvalue weighted by molar-refractivity contribution is 5.60. The zero-order valence-corrected chi connectivity index (χ0v) is 12.6. The summed E-state index contributed by atoms with van der Waals surface area (Å²) >= 11 is 0. The molecule has 0 amide bonds. The summed E-state index contributed by atoms with van der Waals surface area (Å²) in [4.78, 5) is 0. The normalized spacial score (nSPS) is 22.2. The molecule has 21 heavy (non-hydrogen) atoms. The predicted octanol–water partition coefficient (Wildman–Crippen LogP) is 4.54. The number of phenolic OH excluding ortho intramolecular Hbond substituents is 2. The van der Waals surface area contributed by atoms with E-state index in [0.29, 0.717) is 6.61 Å². The molecule has 3 nitrogen and oxygen atoms in total. The first-order chi connectivity index (χ1) is 10.2. The smallest absolute Gasteiger partial charge is 0.125 e. The Balaban J connectivity index is 2.23. The number of allylic oxidation sites excluding steroid dienone is 3. The van der Waals surface area contributed by atoms with E-state index in [1.54, 1.807) is 6.07 Å². The Hall–Kier alpha value is -1.74. The second-order valence-electron chi connectivity index (χ2n) is 5.54. The van der Waals surface area contributed by atoms with Crippen LogP contribution in [-0.4, -0.2) is 16.3 Å². The fraction of sp³-hybridized carbons (Fsp3) is 0.444. The number of fused-ring (bicyclic) bond motifs is 1. The van der Waals surface area contributed by atoms with Gasteiger partial charge in [-0.05, 0) is 50.7 Å². The number of benzene rings is 1. The third-order valence-corrected chi connectivity index (χ3v) is 3.70. The molecule has 114 valence electrons. The Kier molecular flexibility index (Phi) is 5.88. The molecule has 0 unspecified atom stereocenters. The number of rotatable bonds is 0. The Morgan fingerprint density at radius 1 is 1.05 bits per heavy atom. The summed E-state index contributed by atoms with van der Waals surface area (Å²) in [6.45, 7) is 2.42. The van der Waals surface area contributed by atoms with Crippen LogP contribution in [0.2, 0.25) is 0 Å². The lowest BCUT2D eigenvalue weighted by Crippen LogP contribution is -2.08. The molecule has 0 saturated carbocycles. The molecule has 0 spiro atoms. The Morgan fingerprint density at radius 2 is 1.81 bits per heavy atom. The average molecular weight is 288 g/mol. The van der Waals surface area contributed by atoms with Crippen LogP contribution in [0.4, 0.5) is 0 Å². The maximum atomic E-state index is 10.0. The van der Waals surface area contributed by atoms with Crippen molar-refractivity contribution in [2.24, 2.45) is 0 Å². The average Bonchev–Trinajstić information content (AvgIpc) is 2.43. The molecule has 1 aromatic carbocycles. The van der Waals surface area contributed by atoms with Gasteiger partial charge in [-0.15, -0.1) is 0 Å². The molecule has 0 aliphatic carbocycles. The number of aromatic hydroxyl groups is 2. The summed E-state index contributed by atoms with van der Waals surface area (Å²) in [7, 11) is 0. The molecule has 0 radical (unpaired) electrons. The van der Waals surface area contributed by atoms with Crippen LogP contribution < -0.4 is 0 Å². The van der Waals surface area contributed by atoms with Gasteiger partial charge in [0.2, 0.25) is 0 Å². The number of phenols is 2. The van der Waals surface area contributed by atoms with Gasteiger partial charge in [-0.2, -0.15) is 0 Å². The number of hydrogen-bond acceptors (Lipinski definition) is 3. The van der Waals surface area contributed by atoms with Gasteiger partial charge in [0.1, 0.15) is 11.5 Å². The summed E-state index contributed by atoms with van der Waals surface area (Å²) in [6, 6.07) is 3.04. The molecule has 1 aliphatic rings. The summed E-state index contributed by atoms with van der Waals surface area (Å²) in [6.07, 6.45) is 13.8. The first kappa shape index (κ1) is 15.6.